The topological polar surface area (TPSA) is 44.4 Å². The molecule has 2 unspecified atom stereocenters. The van der Waals surface area contributed by atoms with Gasteiger partial charge in [0.15, 0.2) is 0 Å². The van der Waals surface area contributed by atoms with Gasteiger partial charge in [-0.25, -0.2) is 0 Å². The Kier molecular flexibility index (Phi) is 7.30. The van der Waals surface area contributed by atoms with Gasteiger partial charge in [0, 0.05) is 26.2 Å². The van der Waals surface area contributed by atoms with Crippen molar-refractivity contribution in [3.63, 3.8) is 0 Å². The van der Waals surface area contributed by atoms with E-state index >= 15 is 0 Å². The summed E-state index contributed by atoms with van der Waals surface area (Å²) in [6.07, 6.45) is 10.6. The Morgan fingerprint density at radius 2 is 1.84 bits per heavy atom. The fourth-order valence-corrected chi connectivity index (χ4v) is 7.08. The van der Waals surface area contributed by atoms with Crippen LogP contribution in [0.5, 0.6) is 0 Å². The lowest BCUT2D eigenvalue weighted by Gasteiger charge is -2.45. The van der Waals surface area contributed by atoms with Crippen LogP contribution < -0.4 is 10.6 Å². The molecule has 5 rings (SSSR count). The molecule has 1 aromatic rings. The Morgan fingerprint density at radius 3 is 2.55 bits per heavy atom. The van der Waals surface area contributed by atoms with Crippen molar-refractivity contribution in [2.45, 2.75) is 57.9 Å². The lowest BCUT2D eigenvalue weighted by atomic mass is 9.62. The fraction of sp³-hybridized carbons (Fsp3) is 0.692. The van der Waals surface area contributed by atoms with E-state index in [4.69, 9.17) is 11.6 Å². The van der Waals surface area contributed by atoms with Crippen molar-refractivity contribution in [2.75, 3.05) is 32.7 Å². The molecule has 31 heavy (non-hydrogen) atoms. The molecule has 5 heteroatoms. The van der Waals surface area contributed by atoms with Crippen LogP contribution in [-0.2, 0) is 6.54 Å². The second-order valence-electron chi connectivity index (χ2n) is 10.7. The highest BCUT2D eigenvalue weighted by Crippen LogP contribution is 2.48. The summed E-state index contributed by atoms with van der Waals surface area (Å²) < 4.78 is 0. The molecule has 4 bridgehead atoms. The van der Waals surface area contributed by atoms with E-state index in [2.05, 4.69) is 21.6 Å². The zero-order chi connectivity index (χ0) is 20.6. The second kappa shape index (κ2) is 9.80. The van der Waals surface area contributed by atoms with Gasteiger partial charge in [-0.15, -0.1) is 0 Å². The van der Waals surface area contributed by atoms with E-state index in [1.54, 1.807) is 0 Å². The number of fused-ring (bicyclic) bond motifs is 4. The Bertz CT molecular complexity index is 760. The average Bonchev–Trinajstić information content (AvgIpc) is 2.73. The Labute approximate surface area is 193 Å². The molecular formula is C26H38ClN3O. The SMILES string of the molecule is O=C(NCC12CCCC(CCC1)C2)c1cc(CN2CC3CNCC(C3)C2)ccc1Cl.[CH2]. The number of piperidine rings is 2. The average molecular weight is 444 g/mol. The number of hydrogen-bond acceptors (Lipinski definition) is 3. The Hall–Kier alpha value is -1.10. The molecule has 2 N–H and O–H groups in total. The van der Waals surface area contributed by atoms with E-state index in [9.17, 15) is 4.79 Å². The van der Waals surface area contributed by atoms with Gasteiger partial charge in [0.05, 0.1) is 10.6 Å². The van der Waals surface area contributed by atoms with Crippen molar-refractivity contribution in [1.29, 1.82) is 0 Å². The molecule has 1 amide bonds. The highest BCUT2D eigenvalue weighted by atomic mass is 35.5. The van der Waals surface area contributed by atoms with Gasteiger partial charge in [0.25, 0.3) is 5.91 Å². The molecule has 2 heterocycles. The minimum Gasteiger partial charge on any atom is -0.351 e. The zero-order valence-corrected chi connectivity index (χ0v) is 19.6. The maximum Gasteiger partial charge on any atom is 0.252 e. The monoisotopic (exact) mass is 443 g/mol. The summed E-state index contributed by atoms with van der Waals surface area (Å²) in [5.41, 5.74) is 2.18. The van der Waals surface area contributed by atoms with E-state index in [0.29, 0.717) is 16.0 Å². The number of carbonyl (C=O) groups is 1. The van der Waals surface area contributed by atoms with Crippen LogP contribution >= 0.6 is 11.6 Å². The second-order valence-corrected chi connectivity index (χ2v) is 11.1. The minimum absolute atomic E-state index is 0. The van der Waals surface area contributed by atoms with Crippen LogP contribution in [0.4, 0.5) is 0 Å². The number of benzene rings is 1. The zero-order valence-electron chi connectivity index (χ0n) is 18.8. The largest absolute Gasteiger partial charge is 0.351 e. The van der Waals surface area contributed by atoms with Crippen LogP contribution in [-0.4, -0.2) is 43.5 Å². The predicted octanol–water partition coefficient (Wildman–Crippen LogP) is 4.80. The summed E-state index contributed by atoms with van der Waals surface area (Å²) in [6.45, 7) is 6.31. The number of carbonyl (C=O) groups excluding carboxylic acids is 1. The third-order valence-corrected chi connectivity index (χ3v) is 8.56. The number of likely N-dealkylation sites (tertiary alicyclic amines) is 1. The van der Waals surface area contributed by atoms with Crippen LogP contribution in [0.15, 0.2) is 18.2 Å². The molecule has 2 aliphatic heterocycles. The van der Waals surface area contributed by atoms with Crippen LogP contribution in [0.2, 0.25) is 5.02 Å². The molecule has 0 aromatic heterocycles. The van der Waals surface area contributed by atoms with Crippen molar-refractivity contribution in [2.24, 2.45) is 23.2 Å². The summed E-state index contributed by atoms with van der Waals surface area (Å²) >= 11 is 6.45. The summed E-state index contributed by atoms with van der Waals surface area (Å²) in [6, 6.07) is 6.03. The van der Waals surface area contributed by atoms with E-state index < -0.39 is 0 Å². The third-order valence-electron chi connectivity index (χ3n) is 8.23. The van der Waals surface area contributed by atoms with E-state index in [1.807, 2.05) is 12.1 Å². The molecule has 1 aromatic carbocycles. The summed E-state index contributed by atoms with van der Waals surface area (Å²) in [5.74, 6) is 2.42. The normalized spacial score (nSPS) is 32.7. The summed E-state index contributed by atoms with van der Waals surface area (Å²) in [4.78, 5) is 15.6. The van der Waals surface area contributed by atoms with Gasteiger partial charge in [-0.2, -0.15) is 0 Å². The predicted molar refractivity (Wildman–Crippen MR) is 127 cm³/mol. The van der Waals surface area contributed by atoms with Crippen LogP contribution in [0, 0.1) is 30.6 Å². The molecule has 2 aliphatic carbocycles. The fourth-order valence-electron chi connectivity index (χ4n) is 6.88. The van der Waals surface area contributed by atoms with Gasteiger partial charge in [-0.3, -0.25) is 9.69 Å². The maximum absolute atomic E-state index is 13.1. The third kappa shape index (κ3) is 5.29. The molecular weight excluding hydrogens is 406 g/mol. The van der Waals surface area contributed by atoms with Crippen molar-refractivity contribution < 1.29 is 4.79 Å². The number of rotatable bonds is 5. The molecule has 2 saturated heterocycles. The first-order chi connectivity index (χ1) is 14.6. The molecule has 0 spiro atoms. The molecule has 4 aliphatic rings. The number of amides is 1. The lowest BCUT2D eigenvalue weighted by Crippen LogP contribution is -2.50. The van der Waals surface area contributed by atoms with Crippen molar-refractivity contribution in [3.05, 3.63) is 41.8 Å². The van der Waals surface area contributed by atoms with Gasteiger partial charge < -0.3 is 10.6 Å². The van der Waals surface area contributed by atoms with Crippen molar-refractivity contribution >= 4 is 17.5 Å². The first-order valence-corrected chi connectivity index (χ1v) is 12.5. The van der Waals surface area contributed by atoms with Crippen LogP contribution in [0.1, 0.15) is 67.3 Å². The maximum atomic E-state index is 13.1. The van der Waals surface area contributed by atoms with Crippen molar-refractivity contribution in [1.82, 2.24) is 15.5 Å². The molecule has 4 nitrogen and oxygen atoms in total. The molecule has 170 valence electrons. The number of halogens is 1. The standard InChI is InChI=1S/C25H36ClN3O.CH2/c26-23-6-5-19(14-29-15-20-9-21(16-29)13-27-12-20)10-22(23)24(30)28-17-25-7-1-3-18(11-25)4-2-8-25;/h5-6,10,18,20-21,27H,1-4,7-9,11-17H2,(H,28,30);1H2. The Balaban J connectivity index is 0.00000231. The number of hydrogen-bond donors (Lipinski definition) is 2. The molecule has 2 radical (unpaired) electrons. The van der Waals surface area contributed by atoms with E-state index in [1.165, 1.54) is 56.9 Å². The van der Waals surface area contributed by atoms with Crippen LogP contribution in [0.3, 0.4) is 0 Å². The summed E-state index contributed by atoms with van der Waals surface area (Å²) in [7, 11) is 0. The smallest absolute Gasteiger partial charge is 0.252 e. The van der Waals surface area contributed by atoms with Crippen molar-refractivity contribution in [3.8, 4) is 0 Å². The van der Waals surface area contributed by atoms with Crippen LogP contribution in [0.25, 0.3) is 0 Å². The first-order valence-electron chi connectivity index (χ1n) is 12.1. The van der Waals surface area contributed by atoms with E-state index in [-0.39, 0.29) is 13.3 Å². The van der Waals surface area contributed by atoms with Gasteiger partial charge in [-0.1, -0.05) is 50.8 Å². The molecule has 2 saturated carbocycles. The minimum atomic E-state index is 0. The lowest BCUT2D eigenvalue weighted by molar-refractivity contribution is 0.0681. The molecule has 2 atom stereocenters. The van der Waals surface area contributed by atoms with E-state index in [0.717, 1.165) is 57.0 Å². The number of nitrogens with zero attached hydrogens (tertiary/aromatic N) is 1. The Morgan fingerprint density at radius 1 is 1.13 bits per heavy atom. The van der Waals surface area contributed by atoms with Gasteiger partial charge >= 0.3 is 0 Å². The quantitative estimate of drug-likeness (QED) is 0.687. The first kappa shape index (κ1) is 23.1. The van der Waals surface area contributed by atoms with Gasteiger partial charge in [0.1, 0.15) is 0 Å². The van der Waals surface area contributed by atoms with Gasteiger partial charge in [0.2, 0.25) is 0 Å². The molecule has 4 fully saturated rings. The van der Waals surface area contributed by atoms with Gasteiger partial charge in [-0.05, 0) is 79.6 Å². The number of nitrogens with one attached hydrogen (secondary N) is 2. The summed E-state index contributed by atoms with van der Waals surface area (Å²) in [5, 5.41) is 7.40. The highest BCUT2D eigenvalue weighted by Gasteiger charge is 2.39. The highest BCUT2D eigenvalue weighted by molar-refractivity contribution is 6.33.